The minimum absolute atomic E-state index is 0.479. The lowest BCUT2D eigenvalue weighted by atomic mass is 10.2. The lowest BCUT2D eigenvalue weighted by Crippen LogP contribution is -2.32. The van der Waals surface area contributed by atoms with Crippen LogP contribution in [0.4, 0.5) is 0 Å². The number of hydrogen-bond donors (Lipinski definition) is 2. The number of aromatic nitrogens is 1. The van der Waals surface area contributed by atoms with E-state index in [1.54, 1.807) is 6.20 Å². The van der Waals surface area contributed by atoms with Gasteiger partial charge in [0.1, 0.15) is 0 Å². The molecule has 0 spiro atoms. The number of ether oxygens (including phenoxy) is 1. The largest absolute Gasteiger partial charge is 0.478 e. The third kappa shape index (κ3) is 6.41. The van der Waals surface area contributed by atoms with Crippen LogP contribution in [0.5, 0.6) is 5.88 Å². The second-order valence-electron chi connectivity index (χ2n) is 4.59. The Balaban J connectivity index is 2.38. The van der Waals surface area contributed by atoms with Gasteiger partial charge in [0, 0.05) is 18.3 Å². The maximum absolute atomic E-state index is 5.84. The summed E-state index contributed by atoms with van der Waals surface area (Å²) in [6, 6.07) is 3.83. The van der Waals surface area contributed by atoms with Crippen LogP contribution in [0.2, 0.25) is 0 Å². The first kappa shape index (κ1) is 16.3. The first-order chi connectivity index (χ1) is 9.77. The van der Waals surface area contributed by atoms with Gasteiger partial charge in [0.15, 0.2) is 5.96 Å². The summed E-state index contributed by atoms with van der Waals surface area (Å²) in [7, 11) is 0. The second kappa shape index (κ2) is 10.1. The van der Waals surface area contributed by atoms with Gasteiger partial charge in [0.2, 0.25) is 5.88 Å². The molecule has 1 aromatic rings. The number of guanidine groups is 1. The molecular weight excluding hydrogens is 252 g/mol. The highest BCUT2D eigenvalue weighted by Crippen LogP contribution is 2.14. The summed E-state index contributed by atoms with van der Waals surface area (Å²) in [4.78, 5) is 8.51. The molecule has 1 heterocycles. The fourth-order valence-corrected chi connectivity index (χ4v) is 1.81. The van der Waals surface area contributed by atoms with Gasteiger partial charge in [-0.1, -0.05) is 32.3 Å². The number of pyridine rings is 1. The Hall–Kier alpha value is -1.78. The van der Waals surface area contributed by atoms with Crippen molar-refractivity contribution in [2.45, 2.75) is 46.1 Å². The lowest BCUT2D eigenvalue weighted by Gasteiger charge is -2.08. The Morgan fingerprint density at radius 1 is 1.35 bits per heavy atom. The van der Waals surface area contributed by atoms with Crippen molar-refractivity contribution < 1.29 is 4.74 Å². The van der Waals surface area contributed by atoms with Crippen molar-refractivity contribution in [3.8, 4) is 5.88 Å². The Morgan fingerprint density at radius 2 is 2.20 bits per heavy atom. The van der Waals surface area contributed by atoms with E-state index in [1.807, 2.05) is 19.1 Å². The molecule has 0 aromatic carbocycles. The van der Waals surface area contributed by atoms with Gasteiger partial charge in [-0.3, -0.25) is 0 Å². The van der Waals surface area contributed by atoms with Gasteiger partial charge in [0.05, 0.1) is 13.2 Å². The summed E-state index contributed by atoms with van der Waals surface area (Å²) in [6.07, 6.45) is 6.58. The summed E-state index contributed by atoms with van der Waals surface area (Å²) in [5, 5.41) is 3.13. The monoisotopic (exact) mass is 278 g/mol. The third-order valence-electron chi connectivity index (χ3n) is 2.89. The molecule has 20 heavy (non-hydrogen) atoms. The molecule has 0 atom stereocenters. The summed E-state index contributed by atoms with van der Waals surface area (Å²) in [5.41, 5.74) is 6.79. The van der Waals surface area contributed by atoms with E-state index in [2.05, 4.69) is 22.2 Å². The average molecular weight is 278 g/mol. The summed E-state index contributed by atoms with van der Waals surface area (Å²) in [6.45, 7) is 6.09. The first-order valence-corrected chi connectivity index (χ1v) is 7.38. The van der Waals surface area contributed by atoms with E-state index in [0.717, 1.165) is 18.5 Å². The molecular formula is C15H26N4O. The summed E-state index contributed by atoms with van der Waals surface area (Å²) < 4.78 is 5.45. The minimum Gasteiger partial charge on any atom is -0.478 e. The van der Waals surface area contributed by atoms with E-state index in [9.17, 15) is 0 Å². The maximum atomic E-state index is 5.84. The Labute approximate surface area is 121 Å². The predicted molar refractivity (Wildman–Crippen MR) is 82.9 cm³/mol. The van der Waals surface area contributed by atoms with E-state index >= 15 is 0 Å². The highest BCUT2D eigenvalue weighted by atomic mass is 16.5. The molecule has 0 bridgehead atoms. The highest BCUT2D eigenvalue weighted by Gasteiger charge is 2.03. The van der Waals surface area contributed by atoms with Crippen LogP contribution in [-0.4, -0.2) is 24.1 Å². The van der Waals surface area contributed by atoms with Gasteiger partial charge >= 0.3 is 0 Å². The fourth-order valence-electron chi connectivity index (χ4n) is 1.81. The number of nitrogens with two attached hydrogens (primary N) is 1. The molecule has 0 aliphatic carbocycles. The van der Waals surface area contributed by atoms with Crippen LogP contribution in [-0.2, 0) is 6.54 Å². The molecule has 0 unspecified atom stereocenters. The molecule has 112 valence electrons. The molecule has 0 aliphatic heterocycles. The molecule has 1 rings (SSSR count). The SMILES string of the molecule is CCCCCCNC(N)=NCc1cccnc1OCC. The first-order valence-electron chi connectivity index (χ1n) is 7.38. The summed E-state index contributed by atoms with van der Waals surface area (Å²) >= 11 is 0. The van der Waals surface area contributed by atoms with E-state index in [-0.39, 0.29) is 0 Å². The maximum Gasteiger partial charge on any atom is 0.218 e. The van der Waals surface area contributed by atoms with Crippen molar-refractivity contribution in [3.05, 3.63) is 23.9 Å². The van der Waals surface area contributed by atoms with Gasteiger partial charge in [-0.2, -0.15) is 0 Å². The van der Waals surface area contributed by atoms with Gasteiger partial charge in [-0.15, -0.1) is 0 Å². The Bertz CT molecular complexity index is 407. The van der Waals surface area contributed by atoms with Crippen LogP contribution >= 0.6 is 0 Å². The molecule has 1 aromatic heterocycles. The van der Waals surface area contributed by atoms with Gasteiger partial charge in [-0.25, -0.2) is 9.98 Å². The van der Waals surface area contributed by atoms with Crippen molar-refractivity contribution in [1.29, 1.82) is 0 Å². The number of nitrogens with one attached hydrogen (secondary N) is 1. The standard InChI is InChI=1S/C15H26N4O/c1-3-5-6-7-10-18-15(16)19-12-13-9-8-11-17-14(13)20-4-2/h8-9,11H,3-7,10,12H2,1-2H3,(H3,16,18,19). The zero-order valence-corrected chi connectivity index (χ0v) is 12.6. The second-order valence-corrected chi connectivity index (χ2v) is 4.59. The molecule has 0 saturated heterocycles. The van der Waals surface area contributed by atoms with E-state index in [1.165, 1.54) is 19.3 Å². The zero-order valence-electron chi connectivity index (χ0n) is 12.6. The van der Waals surface area contributed by atoms with Crippen LogP contribution in [0.25, 0.3) is 0 Å². The Kier molecular flexibility index (Phi) is 8.19. The van der Waals surface area contributed by atoms with E-state index in [0.29, 0.717) is 25.0 Å². The highest BCUT2D eigenvalue weighted by molar-refractivity contribution is 5.77. The number of aliphatic imine (C=N–C) groups is 1. The average Bonchev–Trinajstić information content (AvgIpc) is 2.46. The van der Waals surface area contributed by atoms with Crippen LogP contribution in [0.15, 0.2) is 23.3 Å². The fraction of sp³-hybridized carbons (Fsp3) is 0.600. The van der Waals surface area contributed by atoms with Crippen LogP contribution in [0.3, 0.4) is 0 Å². The molecule has 0 amide bonds. The summed E-state index contributed by atoms with van der Waals surface area (Å²) in [5.74, 6) is 1.11. The van der Waals surface area contributed by atoms with Crippen LogP contribution in [0, 0.1) is 0 Å². The topological polar surface area (TPSA) is 72.5 Å². The van der Waals surface area contributed by atoms with Crippen molar-refractivity contribution in [2.24, 2.45) is 10.7 Å². The molecule has 5 heteroatoms. The number of hydrogen-bond acceptors (Lipinski definition) is 3. The minimum atomic E-state index is 0.479. The van der Waals surface area contributed by atoms with Crippen molar-refractivity contribution in [2.75, 3.05) is 13.2 Å². The lowest BCUT2D eigenvalue weighted by molar-refractivity contribution is 0.323. The number of unbranched alkanes of at least 4 members (excludes halogenated alkanes) is 3. The molecule has 0 fully saturated rings. The predicted octanol–water partition coefficient (Wildman–Crippen LogP) is 2.46. The Morgan fingerprint density at radius 3 is 2.95 bits per heavy atom. The molecule has 3 N–H and O–H groups in total. The molecule has 0 aliphatic rings. The van der Waals surface area contributed by atoms with Crippen molar-refractivity contribution in [3.63, 3.8) is 0 Å². The van der Waals surface area contributed by atoms with E-state index < -0.39 is 0 Å². The van der Waals surface area contributed by atoms with Crippen LogP contribution < -0.4 is 15.8 Å². The van der Waals surface area contributed by atoms with Gasteiger partial charge < -0.3 is 15.8 Å². The molecule has 0 saturated carbocycles. The third-order valence-corrected chi connectivity index (χ3v) is 2.89. The number of rotatable bonds is 9. The quantitative estimate of drug-likeness (QED) is 0.413. The van der Waals surface area contributed by atoms with Crippen molar-refractivity contribution >= 4 is 5.96 Å². The normalized spacial score (nSPS) is 11.4. The van der Waals surface area contributed by atoms with Gasteiger partial charge in [0.25, 0.3) is 0 Å². The van der Waals surface area contributed by atoms with E-state index in [4.69, 9.17) is 10.5 Å². The number of nitrogens with zero attached hydrogens (tertiary/aromatic N) is 2. The zero-order chi connectivity index (χ0) is 14.6. The smallest absolute Gasteiger partial charge is 0.218 e. The molecule has 5 nitrogen and oxygen atoms in total. The van der Waals surface area contributed by atoms with Crippen LogP contribution in [0.1, 0.15) is 45.1 Å². The van der Waals surface area contributed by atoms with Gasteiger partial charge in [-0.05, 0) is 19.4 Å². The van der Waals surface area contributed by atoms with Crippen molar-refractivity contribution in [1.82, 2.24) is 10.3 Å². The molecule has 0 radical (unpaired) electrons.